The third-order valence-electron chi connectivity index (χ3n) is 4.74. The van der Waals surface area contributed by atoms with Crippen molar-refractivity contribution in [2.24, 2.45) is 7.05 Å². The predicted molar refractivity (Wildman–Crippen MR) is 128 cm³/mol. The van der Waals surface area contributed by atoms with E-state index in [2.05, 4.69) is 20.5 Å². The molecule has 0 aliphatic rings. The van der Waals surface area contributed by atoms with Gasteiger partial charge >= 0.3 is 0 Å². The lowest BCUT2D eigenvalue weighted by Gasteiger charge is -2.07. The van der Waals surface area contributed by atoms with Crippen LogP contribution in [-0.4, -0.2) is 31.4 Å². The number of benzene rings is 2. The number of anilines is 1. The van der Waals surface area contributed by atoms with Crippen molar-refractivity contribution in [2.75, 3.05) is 11.1 Å². The van der Waals surface area contributed by atoms with E-state index in [1.54, 1.807) is 0 Å². The van der Waals surface area contributed by atoms with Crippen LogP contribution in [0.3, 0.4) is 0 Å². The predicted octanol–water partition coefficient (Wildman–Crippen LogP) is 4.87. The number of ether oxygens (including phenoxy) is 1. The Balaban J connectivity index is 1.31. The number of nitrogens with one attached hydrogen (secondary N) is 1. The lowest BCUT2D eigenvalue weighted by atomic mass is 10.1. The van der Waals surface area contributed by atoms with E-state index in [1.807, 2.05) is 80.1 Å². The van der Waals surface area contributed by atoms with Crippen molar-refractivity contribution in [1.82, 2.24) is 19.7 Å². The third-order valence-corrected chi connectivity index (χ3v) is 6.64. The fourth-order valence-electron chi connectivity index (χ4n) is 2.98. The molecule has 0 radical (unpaired) electrons. The number of amides is 1. The number of thiazole rings is 1. The molecule has 1 N–H and O–H groups in total. The van der Waals surface area contributed by atoms with Crippen LogP contribution in [0.25, 0.3) is 11.3 Å². The quantitative estimate of drug-likeness (QED) is 0.374. The van der Waals surface area contributed by atoms with Gasteiger partial charge in [0.2, 0.25) is 5.91 Å². The Morgan fingerprint density at radius 2 is 1.84 bits per heavy atom. The number of nitrogens with zero attached hydrogens (tertiary/aromatic N) is 4. The summed E-state index contributed by atoms with van der Waals surface area (Å²) in [5, 5.41) is 12.5. The molecule has 164 valence electrons. The van der Waals surface area contributed by atoms with Crippen LogP contribution >= 0.6 is 23.1 Å². The van der Waals surface area contributed by atoms with Crippen molar-refractivity contribution in [3.63, 3.8) is 0 Å². The summed E-state index contributed by atoms with van der Waals surface area (Å²) in [7, 11) is 1.87. The molecule has 2 aromatic heterocycles. The molecule has 7 nitrogen and oxygen atoms in total. The maximum atomic E-state index is 12.5. The normalized spacial score (nSPS) is 10.8. The van der Waals surface area contributed by atoms with Gasteiger partial charge in [0.1, 0.15) is 12.4 Å². The maximum absolute atomic E-state index is 12.5. The Morgan fingerprint density at radius 3 is 2.59 bits per heavy atom. The summed E-state index contributed by atoms with van der Waals surface area (Å²) in [6, 6.07) is 17.8. The highest BCUT2D eigenvalue weighted by atomic mass is 32.2. The molecular formula is C23H23N5O2S2. The minimum atomic E-state index is -0.135. The molecule has 32 heavy (non-hydrogen) atoms. The molecule has 4 rings (SSSR count). The Bertz CT molecular complexity index is 1200. The highest BCUT2D eigenvalue weighted by molar-refractivity contribution is 7.99. The topological polar surface area (TPSA) is 81.9 Å². The third kappa shape index (κ3) is 5.35. The van der Waals surface area contributed by atoms with Gasteiger partial charge in [-0.05, 0) is 26.0 Å². The highest BCUT2D eigenvalue weighted by Gasteiger charge is 2.15. The van der Waals surface area contributed by atoms with Crippen LogP contribution in [0.4, 0.5) is 5.13 Å². The summed E-state index contributed by atoms with van der Waals surface area (Å²) in [5.74, 6) is 1.55. The van der Waals surface area contributed by atoms with Gasteiger partial charge in [-0.1, -0.05) is 59.8 Å². The van der Waals surface area contributed by atoms with Crippen LogP contribution in [0.2, 0.25) is 0 Å². The van der Waals surface area contributed by atoms with E-state index in [4.69, 9.17) is 4.74 Å². The van der Waals surface area contributed by atoms with Crippen molar-refractivity contribution >= 4 is 34.1 Å². The molecule has 9 heteroatoms. The van der Waals surface area contributed by atoms with Gasteiger partial charge in [0.15, 0.2) is 16.1 Å². The number of carbonyl (C=O) groups is 1. The molecule has 2 aromatic carbocycles. The largest absolute Gasteiger partial charge is 0.486 e. The van der Waals surface area contributed by atoms with E-state index < -0.39 is 0 Å². The molecule has 1 amide bonds. The van der Waals surface area contributed by atoms with Crippen molar-refractivity contribution in [3.8, 4) is 17.0 Å². The van der Waals surface area contributed by atoms with Gasteiger partial charge < -0.3 is 14.6 Å². The first kappa shape index (κ1) is 22.0. The van der Waals surface area contributed by atoms with Crippen molar-refractivity contribution < 1.29 is 9.53 Å². The number of thioether (sulfide) groups is 1. The average molecular weight is 466 g/mol. The lowest BCUT2D eigenvalue weighted by Crippen LogP contribution is -2.14. The van der Waals surface area contributed by atoms with E-state index in [-0.39, 0.29) is 11.7 Å². The van der Waals surface area contributed by atoms with Crippen molar-refractivity contribution in [1.29, 1.82) is 0 Å². The van der Waals surface area contributed by atoms with Crippen LogP contribution in [0.1, 0.15) is 16.3 Å². The van der Waals surface area contributed by atoms with Gasteiger partial charge in [0.25, 0.3) is 0 Å². The molecular weight excluding hydrogens is 442 g/mol. The molecule has 0 aliphatic carbocycles. The van der Waals surface area contributed by atoms with Crippen LogP contribution in [0.5, 0.6) is 5.75 Å². The molecule has 0 unspecified atom stereocenters. The van der Waals surface area contributed by atoms with E-state index in [9.17, 15) is 4.79 Å². The molecule has 0 fully saturated rings. The van der Waals surface area contributed by atoms with E-state index >= 15 is 0 Å². The minimum Gasteiger partial charge on any atom is -0.486 e. The second kappa shape index (κ2) is 9.97. The zero-order valence-corrected chi connectivity index (χ0v) is 19.7. The van der Waals surface area contributed by atoms with Crippen LogP contribution in [-0.2, 0) is 18.4 Å². The fourth-order valence-corrected chi connectivity index (χ4v) is 4.56. The summed E-state index contributed by atoms with van der Waals surface area (Å²) in [6.07, 6.45) is 0. The molecule has 0 bridgehead atoms. The summed E-state index contributed by atoms with van der Waals surface area (Å²) < 4.78 is 7.62. The Hall–Kier alpha value is -3.17. The Morgan fingerprint density at radius 1 is 1.09 bits per heavy atom. The van der Waals surface area contributed by atoms with Crippen molar-refractivity contribution in [2.45, 2.75) is 25.6 Å². The molecule has 0 saturated heterocycles. The van der Waals surface area contributed by atoms with Crippen molar-refractivity contribution in [3.05, 3.63) is 70.9 Å². The number of aromatic nitrogens is 4. The highest BCUT2D eigenvalue weighted by Crippen LogP contribution is 2.30. The molecule has 0 atom stereocenters. The monoisotopic (exact) mass is 465 g/mol. The summed E-state index contributed by atoms with van der Waals surface area (Å²) in [6.45, 7) is 4.34. The van der Waals surface area contributed by atoms with Gasteiger partial charge in [-0.2, -0.15) is 0 Å². The van der Waals surface area contributed by atoms with Gasteiger partial charge in [0, 0.05) is 17.5 Å². The van der Waals surface area contributed by atoms with E-state index in [0.29, 0.717) is 22.7 Å². The molecule has 0 spiro atoms. The first-order valence-electron chi connectivity index (χ1n) is 10.0. The second-order valence-corrected chi connectivity index (χ2v) is 9.33. The summed E-state index contributed by atoms with van der Waals surface area (Å²) in [5.41, 5.74) is 3.11. The second-order valence-electron chi connectivity index (χ2n) is 7.19. The zero-order valence-electron chi connectivity index (χ0n) is 18.0. The van der Waals surface area contributed by atoms with E-state index in [1.165, 1.54) is 28.7 Å². The number of rotatable bonds is 8. The summed E-state index contributed by atoms with van der Waals surface area (Å²) >= 11 is 2.79. The fraction of sp³-hybridized carbons (Fsp3) is 0.217. The number of carbonyl (C=O) groups excluding carboxylic acids is 1. The average Bonchev–Trinajstić information content (AvgIpc) is 3.34. The summed E-state index contributed by atoms with van der Waals surface area (Å²) in [4.78, 5) is 18.1. The van der Waals surface area contributed by atoms with Gasteiger partial charge in [-0.3, -0.25) is 4.79 Å². The number of hydrogen-bond donors (Lipinski definition) is 1. The first-order valence-corrected chi connectivity index (χ1v) is 11.8. The van der Waals surface area contributed by atoms with Crippen LogP contribution in [0, 0.1) is 13.8 Å². The maximum Gasteiger partial charge on any atom is 0.236 e. The van der Waals surface area contributed by atoms with Gasteiger partial charge in [-0.25, -0.2) is 4.98 Å². The van der Waals surface area contributed by atoms with Crippen LogP contribution < -0.4 is 10.1 Å². The SMILES string of the molecule is Cc1ccc(OCc2nnc(SCC(=O)Nc3nc(-c4ccccc4)c(C)s3)n2C)cc1. The smallest absolute Gasteiger partial charge is 0.236 e. The first-order chi connectivity index (χ1) is 15.5. The molecule has 4 aromatic rings. The number of aryl methyl sites for hydroxylation is 2. The van der Waals surface area contributed by atoms with Gasteiger partial charge in [0.05, 0.1) is 11.4 Å². The Kier molecular flexibility index (Phi) is 6.87. The zero-order chi connectivity index (χ0) is 22.5. The number of hydrogen-bond acceptors (Lipinski definition) is 7. The molecule has 0 aliphatic heterocycles. The van der Waals surface area contributed by atoms with E-state index in [0.717, 1.165) is 21.9 Å². The molecule has 0 saturated carbocycles. The molecule has 2 heterocycles. The lowest BCUT2D eigenvalue weighted by molar-refractivity contribution is -0.113. The van der Waals surface area contributed by atoms with Crippen LogP contribution in [0.15, 0.2) is 59.8 Å². The Labute approximate surface area is 194 Å². The minimum absolute atomic E-state index is 0.135. The van der Waals surface area contributed by atoms with Gasteiger partial charge in [-0.15, -0.1) is 21.5 Å². The standard InChI is InChI=1S/C23H23N5O2S2/c1-15-9-11-18(12-10-15)30-13-19-26-27-23(28(19)3)31-14-20(29)24-22-25-21(16(2)32-22)17-7-5-4-6-8-17/h4-12H,13-14H2,1-3H3,(H,24,25,29).